The van der Waals surface area contributed by atoms with Crippen molar-refractivity contribution in [2.45, 2.75) is 13.8 Å². The third-order valence-corrected chi connectivity index (χ3v) is 5.78. The van der Waals surface area contributed by atoms with Crippen molar-refractivity contribution in [2.75, 3.05) is 13.1 Å². The van der Waals surface area contributed by atoms with E-state index < -0.39 is 0 Å². The number of rotatable bonds is 1. The van der Waals surface area contributed by atoms with E-state index in [1.807, 2.05) is 23.1 Å². The smallest absolute Gasteiger partial charge is 0.168 e. The van der Waals surface area contributed by atoms with Crippen LogP contribution in [0.5, 0.6) is 0 Å². The average molecular weight is 286 g/mol. The number of allylic oxidation sites excluding steroid dienone is 1. The van der Waals surface area contributed by atoms with E-state index in [-0.39, 0.29) is 0 Å². The summed E-state index contributed by atoms with van der Waals surface area (Å²) in [6.07, 6.45) is 0. The first-order valence-corrected chi connectivity index (χ1v) is 8.13. The molecule has 19 heavy (non-hydrogen) atoms. The lowest BCUT2D eigenvalue weighted by Gasteiger charge is -2.18. The van der Waals surface area contributed by atoms with Crippen LogP contribution in [0.15, 0.2) is 33.5 Å². The van der Waals surface area contributed by atoms with Gasteiger partial charge in [-0.25, -0.2) is 0 Å². The Morgan fingerprint density at radius 2 is 2.16 bits per heavy atom. The fraction of sp³-hybridized carbons (Fsp3) is 0.267. The molecule has 0 amide bonds. The molecule has 0 fully saturated rings. The first-order valence-electron chi connectivity index (χ1n) is 6.43. The Morgan fingerprint density at radius 1 is 1.26 bits per heavy atom. The first-order chi connectivity index (χ1) is 9.25. The molecule has 0 spiro atoms. The van der Waals surface area contributed by atoms with Crippen molar-refractivity contribution in [1.29, 1.82) is 0 Å². The first kappa shape index (κ1) is 11.6. The number of thioether (sulfide) groups is 1. The highest BCUT2D eigenvalue weighted by Gasteiger charge is 2.31. The van der Waals surface area contributed by atoms with Crippen molar-refractivity contribution in [3.8, 4) is 0 Å². The summed E-state index contributed by atoms with van der Waals surface area (Å²) in [5.74, 6) is 0. The molecule has 1 aromatic heterocycles. The Bertz CT molecular complexity index is 740. The molecule has 2 aromatic rings. The van der Waals surface area contributed by atoms with Crippen molar-refractivity contribution in [1.82, 2.24) is 4.90 Å². The third-order valence-electron chi connectivity index (χ3n) is 3.69. The van der Waals surface area contributed by atoms with Crippen LogP contribution < -0.4 is 0 Å². The molecule has 4 heteroatoms. The fourth-order valence-corrected chi connectivity index (χ4v) is 4.88. The van der Waals surface area contributed by atoms with Crippen LogP contribution in [0.25, 0.3) is 15.8 Å². The molecule has 2 aliphatic rings. The van der Waals surface area contributed by atoms with E-state index in [9.17, 15) is 0 Å². The molecule has 2 nitrogen and oxygen atoms in total. The Balaban J connectivity index is 1.98. The molecule has 4 rings (SSSR count). The number of aliphatic imine (C=N–C) groups is 1. The predicted octanol–water partition coefficient (Wildman–Crippen LogP) is 4.32. The van der Waals surface area contributed by atoms with Gasteiger partial charge in [-0.05, 0) is 30.9 Å². The molecular formula is C15H14N2S2. The zero-order valence-corrected chi connectivity index (χ0v) is 12.6. The molecule has 3 heterocycles. The lowest BCUT2D eigenvalue weighted by molar-refractivity contribution is 0.648. The fourth-order valence-electron chi connectivity index (χ4n) is 2.88. The standard InChI is InChI=1S/C15H14N2S2/c1-9-8-18-12-5-3-4-11(13(9)12)14-10(2)19-15-16-6-7-17(14)15/h3-5,8H,6-7H2,1-2H3. The number of amidine groups is 1. The lowest BCUT2D eigenvalue weighted by Crippen LogP contribution is -2.20. The third kappa shape index (κ3) is 1.60. The van der Waals surface area contributed by atoms with E-state index in [0.717, 1.165) is 13.1 Å². The second-order valence-electron chi connectivity index (χ2n) is 4.92. The largest absolute Gasteiger partial charge is 0.318 e. The molecule has 96 valence electrons. The maximum atomic E-state index is 4.58. The molecule has 0 atom stereocenters. The summed E-state index contributed by atoms with van der Waals surface area (Å²) in [4.78, 5) is 8.33. The summed E-state index contributed by atoms with van der Waals surface area (Å²) in [6.45, 7) is 6.37. The molecule has 1 aromatic carbocycles. The Morgan fingerprint density at radius 3 is 3.05 bits per heavy atom. The van der Waals surface area contributed by atoms with Gasteiger partial charge in [-0.15, -0.1) is 11.3 Å². The molecule has 0 saturated carbocycles. The quantitative estimate of drug-likeness (QED) is 0.776. The highest BCUT2D eigenvalue weighted by atomic mass is 32.2. The van der Waals surface area contributed by atoms with Gasteiger partial charge in [-0.3, -0.25) is 4.99 Å². The molecular weight excluding hydrogens is 272 g/mol. The van der Waals surface area contributed by atoms with Gasteiger partial charge < -0.3 is 4.90 Å². The second kappa shape index (κ2) is 4.12. The van der Waals surface area contributed by atoms with E-state index in [4.69, 9.17) is 0 Å². The van der Waals surface area contributed by atoms with Gasteiger partial charge >= 0.3 is 0 Å². The van der Waals surface area contributed by atoms with E-state index in [1.165, 1.54) is 37.0 Å². The molecule has 2 aliphatic heterocycles. The van der Waals surface area contributed by atoms with Crippen LogP contribution in [0, 0.1) is 6.92 Å². The number of hydrogen-bond acceptors (Lipinski definition) is 4. The van der Waals surface area contributed by atoms with Crippen LogP contribution >= 0.6 is 23.1 Å². The summed E-state index contributed by atoms with van der Waals surface area (Å²) >= 11 is 3.65. The van der Waals surface area contributed by atoms with E-state index >= 15 is 0 Å². The summed E-state index contributed by atoms with van der Waals surface area (Å²) in [5.41, 5.74) is 4.12. The highest BCUT2D eigenvalue weighted by molar-refractivity contribution is 8.17. The number of aryl methyl sites for hydroxylation is 1. The molecule has 0 bridgehead atoms. The summed E-state index contributed by atoms with van der Waals surface area (Å²) in [5, 5.41) is 4.85. The van der Waals surface area contributed by atoms with Crippen molar-refractivity contribution >= 4 is 44.0 Å². The van der Waals surface area contributed by atoms with Gasteiger partial charge in [0.15, 0.2) is 5.17 Å². The Kier molecular flexibility index (Phi) is 2.50. The van der Waals surface area contributed by atoms with Gasteiger partial charge in [-0.2, -0.15) is 0 Å². The molecule has 0 aliphatic carbocycles. The van der Waals surface area contributed by atoms with Crippen LogP contribution in [-0.4, -0.2) is 23.2 Å². The SMILES string of the molecule is CC1=C(c2cccc3scc(C)c23)N2CCN=C2S1. The number of fused-ring (bicyclic) bond motifs is 2. The predicted molar refractivity (Wildman–Crippen MR) is 85.8 cm³/mol. The number of benzene rings is 1. The minimum atomic E-state index is 0.928. The van der Waals surface area contributed by atoms with Crippen LogP contribution in [0.2, 0.25) is 0 Å². The molecule has 0 radical (unpaired) electrons. The zero-order chi connectivity index (χ0) is 13.0. The van der Waals surface area contributed by atoms with E-state index in [1.54, 1.807) is 0 Å². The van der Waals surface area contributed by atoms with Gasteiger partial charge in [0.1, 0.15) is 0 Å². The number of nitrogens with zero attached hydrogens (tertiary/aromatic N) is 2. The molecule has 0 unspecified atom stereocenters. The summed E-state index contributed by atoms with van der Waals surface area (Å²) in [7, 11) is 0. The number of hydrogen-bond donors (Lipinski definition) is 0. The summed E-state index contributed by atoms with van der Waals surface area (Å²) < 4.78 is 1.38. The van der Waals surface area contributed by atoms with Crippen molar-refractivity contribution in [2.24, 2.45) is 4.99 Å². The Labute approximate surface area is 120 Å². The van der Waals surface area contributed by atoms with Gasteiger partial charge in [0.05, 0.1) is 12.2 Å². The number of thiophene rings is 1. The lowest BCUT2D eigenvalue weighted by atomic mass is 10.0. The molecule has 0 N–H and O–H groups in total. The van der Waals surface area contributed by atoms with Gasteiger partial charge in [0.2, 0.25) is 0 Å². The van der Waals surface area contributed by atoms with Crippen molar-refractivity contribution < 1.29 is 0 Å². The monoisotopic (exact) mass is 286 g/mol. The average Bonchev–Trinajstić information content (AvgIpc) is 3.04. The second-order valence-corrected chi connectivity index (χ2v) is 7.01. The Hall–Kier alpha value is -1.26. The minimum Gasteiger partial charge on any atom is -0.318 e. The van der Waals surface area contributed by atoms with Crippen LogP contribution in [0.4, 0.5) is 0 Å². The maximum absolute atomic E-state index is 4.58. The van der Waals surface area contributed by atoms with Crippen LogP contribution in [0.3, 0.4) is 0 Å². The van der Waals surface area contributed by atoms with Gasteiger partial charge in [-0.1, -0.05) is 23.9 Å². The normalized spacial score (nSPS) is 18.4. The molecule has 0 saturated heterocycles. The van der Waals surface area contributed by atoms with E-state index in [2.05, 4.69) is 47.3 Å². The van der Waals surface area contributed by atoms with Crippen molar-refractivity contribution in [3.05, 3.63) is 39.6 Å². The summed E-state index contributed by atoms with van der Waals surface area (Å²) in [6, 6.07) is 6.64. The van der Waals surface area contributed by atoms with Crippen LogP contribution in [0.1, 0.15) is 18.1 Å². The van der Waals surface area contributed by atoms with Crippen molar-refractivity contribution in [3.63, 3.8) is 0 Å². The minimum absolute atomic E-state index is 0.928. The topological polar surface area (TPSA) is 15.6 Å². The highest BCUT2D eigenvalue weighted by Crippen LogP contribution is 2.44. The zero-order valence-electron chi connectivity index (χ0n) is 10.9. The van der Waals surface area contributed by atoms with E-state index in [0.29, 0.717) is 0 Å². The van der Waals surface area contributed by atoms with Gasteiger partial charge in [0.25, 0.3) is 0 Å². The maximum Gasteiger partial charge on any atom is 0.168 e. The van der Waals surface area contributed by atoms with Crippen LogP contribution in [-0.2, 0) is 0 Å². The van der Waals surface area contributed by atoms with Gasteiger partial charge in [0, 0.05) is 27.1 Å².